The van der Waals surface area contributed by atoms with Gasteiger partial charge in [0.25, 0.3) is 0 Å². The summed E-state index contributed by atoms with van der Waals surface area (Å²) in [6, 6.07) is 9.86. The first kappa shape index (κ1) is 14.5. The number of nitrogens with zero attached hydrogens (tertiary/aromatic N) is 2. The smallest absolute Gasteiger partial charge is 0.101 e. The summed E-state index contributed by atoms with van der Waals surface area (Å²) < 4.78 is 0. The van der Waals surface area contributed by atoms with E-state index in [9.17, 15) is 0 Å². The summed E-state index contributed by atoms with van der Waals surface area (Å²) in [4.78, 5) is 4.06. The summed E-state index contributed by atoms with van der Waals surface area (Å²) in [5.41, 5.74) is 3.45. The van der Waals surface area contributed by atoms with Crippen LogP contribution in [0.2, 0.25) is 5.02 Å². The Bertz CT molecular complexity index is 632. The van der Waals surface area contributed by atoms with E-state index in [4.69, 9.17) is 16.9 Å². The number of hydrogen-bond donors (Lipinski definition) is 1. The molecule has 20 heavy (non-hydrogen) atoms. The Hall–Kier alpha value is -1.89. The lowest BCUT2D eigenvalue weighted by atomic mass is 10.0. The third-order valence-corrected chi connectivity index (χ3v) is 3.28. The second-order valence-corrected chi connectivity index (χ2v) is 4.97. The third-order valence-electron chi connectivity index (χ3n) is 2.97. The molecule has 0 fully saturated rings. The first-order valence-corrected chi connectivity index (χ1v) is 6.97. The quantitative estimate of drug-likeness (QED) is 0.851. The lowest BCUT2D eigenvalue weighted by molar-refractivity contribution is 0.675. The predicted octanol–water partition coefficient (Wildman–Crippen LogP) is 3.77. The van der Waals surface area contributed by atoms with Gasteiger partial charge in [-0.3, -0.25) is 4.98 Å². The second-order valence-electron chi connectivity index (χ2n) is 4.57. The Morgan fingerprint density at radius 1 is 1.30 bits per heavy atom. The molecule has 2 aromatic rings. The summed E-state index contributed by atoms with van der Waals surface area (Å²) in [6.07, 6.45) is 4.37. The Morgan fingerprint density at radius 2 is 2.15 bits per heavy atom. The Morgan fingerprint density at radius 3 is 2.85 bits per heavy atom. The average molecular weight is 286 g/mol. The minimum Gasteiger partial charge on any atom is -0.313 e. The van der Waals surface area contributed by atoms with E-state index in [1.54, 1.807) is 18.5 Å². The molecule has 0 radical (unpaired) electrons. The van der Waals surface area contributed by atoms with Crippen molar-refractivity contribution in [2.24, 2.45) is 0 Å². The van der Waals surface area contributed by atoms with Gasteiger partial charge in [0.15, 0.2) is 0 Å². The van der Waals surface area contributed by atoms with Crippen molar-refractivity contribution < 1.29 is 0 Å². The fraction of sp³-hybridized carbons (Fsp3) is 0.250. The molecule has 4 heteroatoms. The molecule has 0 amide bonds. The Balaban J connectivity index is 2.23. The fourth-order valence-corrected chi connectivity index (χ4v) is 2.27. The largest absolute Gasteiger partial charge is 0.313 e. The van der Waals surface area contributed by atoms with Crippen molar-refractivity contribution in [1.82, 2.24) is 10.3 Å². The molecule has 0 aliphatic rings. The zero-order valence-electron chi connectivity index (χ0n) is 11.4. The van der Waals surface area contributed by atoms with Crippen LogP contribution in [0, 0.1) is 11.3 Å². The van der Waals surface area contributed by atoms with Crippen LogP contribution < -0.4 is 5.32 Å². The molecule has 0 saturated carbocycles. The number of halogens is 1. The molecule has 0 saturated heterocycles. The van der Waals surface area contributed by atoms with Gasteiger partial charge in [0, 0.05) is 35.1 Å². The van der Waals surface area contributed by atoms with Crippen LogP contribution in [0.25, 0.3) is 11.1 Å². The van der Waals surface area contributed by atoms with E-state index in [0.29, 0.717) is 10.6 Å². The molecule has 1 N–H and O–H groups in total. The van der Waals surface area contributed by atoms with E-state index in [2.05, 4.69) is 23.3 Å². The molecule has 0 bridgehead atoms. The summed E-state index contributed by atoms with van der Waals surface area (Å²) >= 11 is 6.33. The summed E-state index contributed by atoms with van der Waals surface area (Å²) in [6.45, 7) is 3.94. The Kier molecular flexibility index (Phi) is 5.11. The molecule has 1 aromatic carbocycles. The van der Waals surface area contributed by atoms with Gasteiger partial charge in [-0.25, -0.2) is 0 Å². The summed E-state index contributed by atoms with van der Waals surface area (Å²) in [7, 11) is 0. The molecular weight excluding hydrogens is 270 g/mol. The normalized spacial score (nSPS) is 10.2. The van der Waals surface area contributed by atoms with Crippen LogP contribution in [0.3, 0.4) is 0 Å². The number of aromatic nitrogens is 1. The minimum atomic E-state index is 0.534. The van der Waals surface area contributed by atoms with Crippen LogP contribution in [-0.2, 0) is 6.54 Å². The fourth-order valence-electron chi connectivity index (χ4n) is 1.96. The first-order valence-electron chi connectivity index (χ1n) is 6.59. The predicted molar refractivity (Wildman–Crippen MR) is 81.4 cm³/mol. The average Bonchev–Trinajstić information content (AvgIpc) is 2.48. The highest BCUT2D eigenvalue weighted by Crippen LogP contribution is 2.28. The van der Waals surface area contributed by atoms with Crippen molar-refractivity contribution in [3.63, 3.8) is 0 Å². The van der Waals surface area contributed by atoms with Crippen molar-refractivity contribution in [3.8, 4) is 17.2 Å². The van der Waals surface area contributed by atoms with E-state index >= 15 is 0 Å². The molecular formula is C16H16ClN3. The van der Waals surface area contributed by atoms with Gasteiger partial charge < -0.3 is 5.32 Å². The molecule has 0 aliphatic carbocycles. The zero-order valence-corrected chi connectivity index (χ0v) is 12.1. The van der Waals surface area contributed by atoms with E-state index in [1.165, 1.54) is 0 Å². The molecule has 0 unspecified atom stereocenters. The van der Waals surface area contributed by atoms with Crippen LogP contribution in [0.4, 0.5) is 0 Å². The molecule has 0 aliphatic heterocycles. The molecule has 1 heterocycles. The topological polar surface area (TPSA) is 48.7 Å². The first-order chi connectivity index (χ1) is 9.74. The maximum absolute atomic E-state index is 8.91. The summed E-state index contributed by atoms with van der Waals surface area (Å²) in [5, 5.41) is 12.9. The standard InChI is InChI=1S/C16H16ClN3/c1-2-5-19-9-12-3-4-15(16(17)7-12)14-6-13(8-18)10-20-11-14/h3-4,6-7,10-11,19H,2,5,9H2,1H3. The molecule has 2 rings (SSSR count). The lowest BCUT2D eigenvalue weighted by Crippen LogP contribution is -2.13. The monoisotopic (exact) mass is 285 g/mol. The molecule has 0 spiro atoms. The van der Waals surface area contributed by atoms with Gasteiger partial charge in [-0.05, 0) is 30.7 Å². The lowest BCUT2D eigenvalue weighted by Gasteiger charge is -2.08. The molecule has 3 nitrogen and oxygen atoms in total. The van der Waals surface area contributed by atoms with Crippen molar-refractivity contribution in [2.75, 3.05) is 6.54 Å². The van der Waals surface area contributed by atoms with Crippen LogP contribution in [0.15, 0.2) is 36.7 Å². The van der Waals surface area contributed by atoms with Gasteiger partial charge in [-0.2, -0.15) is 5.26 Å². The van der Waals surface area contributed by atoms with Gasteiger partial charge in [0.2, 0.25) is 0 Å². The van der Waals surface area contributed by atoms with Crippen molar-refractivity contribution in [1.29, 1.82) is 5.26 Å². The number of nitriles is 1. The number of pyridine rings is 1. The molecule has 1 aromatic heterocycles. The number of benzene rings is 1. The minimum absolute atomic E-state index is 0.534. The zero-order chi connectivity index (χ0) is 14.4. The Labute approximate surface area is 124 Å². The van der Waals surface area contributed by atoms with Crippen LogP contribution in [0.1, 0.15) is 24.5 Å². The second kappa shape index (κ2) is 7.04. The summed E-state index contributed by atoms with van der Waals surface area (Å²) in [5.74, 6) is 0. The highest BCUT2D eigenvalue weighted by atomic mass is 35.5. The number of rotatable bonds is 5. The van der Waals surface area contributed by atoms with Gasteiger partial charge in [0.1, 0.15) is 6.07 Å². The highest BCUT2D eigenvalue weighted by molar-refractivity contribution is 6.33. The van der Waals surface area contributed by atoms with Crippen LogP contribution in [-0.4, -0.2) is 11.5 Å². The van der Waals surface area contributed by atoms with Crippen molar-refractivity contribution in [3.05, 3.63) is 52.8 Å². The van der Waals surface area contributed by atoms with Gasteiger partial charge in [0.05, 0.1) is 5.56 Å². The maximum Gasteiger partial charge on any atom is 0.101 e. The van der Waals surface area contributed by atoms with E-state index in [0.717, 1.165) is 36.2 Å². The van der Waals surface area contributed by atoms with Crippen molar-refractivity contribution >= 4 is 11.6 Å². The van der Waals surface area contributed by atoms with E-state index in [1.807, 2.05) is 18.2 Å². The van der Waals surface area contributed by atoms with E-state index < -0.39 is 0 Å². The van der Waals surface area contributed by atoms with Gasteiger partial charge in [-0.15, -0.1) is 0 Å². The van der Waals surface area contributed by atoms with Crippen LogP contribution >= 0.6 is 11.6 Å². The van der Waals surface area contributed by atoms with Gasteiger partial charge >= 0.3 is 0 Å². The SMILES string of the molecule is CCCNCc1ccc(-c2cncc(C#N)c2)c(Cl)c1. The number of hydrogen-bond acceptors (Lipinski definition) is 3. The maximum atomic E-state index is 8.91. The van der Waals surface area contributed by atoms with E-state index in [-0.39, 0.29) is 0 Å². The molecule has 0 atom stereocenters. The van der Waals surface area contributed by atoms with Crippen LogP contribution in [0.5, 0.6) is 0 Å². The van der Waals surface area contributed by atoms with Crippen molar-refractivity contribution in [2.45, 2.75) is 19.9 Å². The molecule has 102 valence electrons. The highest BCUT2D eigenvalue weighted by Gasteiger charge is 2.06. The van der Waals surface area contributed by atoms with Gasteiger partial charge in [-0.1, -0.05) is 30.7 Å². The number of nitrogens with one attached hydrogen (secondary N) is 1. The third kappa shape index (κ3) is 3.57.